The van der Waals surface area contributed by atoms with Gasteiger partial charge >= 0.3 is 5.97 Å². The Bertz CT molecular complexity index is 383. The molecule has 3 N–H and O–H groups in total. The number of amides is 1. The van der Waals surface area contributed by atoms with Crippen LogP contribution in [0.25, 0.3) is 0 Å². The number of carbonyl (C=O) groups is 2. The van der Waals surface area contributed by atoms with Crippen LogP contribution < -0.4 is 10.6 Å². The molecule has 1 atom stereocenters. The average Bonchev–Trinajstić information content (AvgIpc) is 2.46. The summed E-state index contributed by atoms with van der Waals surface area (Å²) in [5, 5.41) is 15.5. The molecule has 0 aromatic heterocycles. The van der Waals surface area contributed by atoms with Crippen molar-refractivity contribution in [2.45, 2.75) is 58.3 Å². The zero-order valence-electron chi connectivity index (χ0n) is 13.0. The maximum Gasteiger partial charge on any atom is 0.303 e. The SMILES string of the molecule is CC1(C(=O)NCC2(CC(=O)O)CCCCC2)CCCNC1. The molecule has 0 spiro atoms. The molecule has 1 saturated heterocycles. The lowest BCUT2D eigenvalue weighted by atomic mass is 9.71. The van der Waals surface area contributed by atoms with E-state index in [0.717, 1.165) is 45.1 Å². The van der Waals surface area contributed by atoms with Crippen molar-refractivity contribution in [3.63, 3.8) is 0 Å². The maximum atomic E-state index is 12.5. The second-order valence-electron chi connectivity index (χ2n) is 7.15. The Balaban J connectivity index is 1.94. The molecule has 120 valence electrons. The summed E-state index contributed by atoms with van der Waals surface area (Å²) in [5.41, 5.74) is -0.588. The summed E-state index contributed by atoms with van der Waals surface area (Å²) >= 11 is 0. The van der Waals surface area contributed by atoms with E-state index >= 15 is 0 Å². The van der Waals surface area contributed by atoms with Gasteiger partial charge in [0.1, 0.15) is 0 Å². The van der Waals surface area contributed by atoms with Gasteiger partial charge in [-0.2, -0.15) is 0 Å². The van der Waals surface area contributed by atoms with Gasteiger partial charge in [-0.15, -0.1) is 0 Å². The Morgan fingerprint density at radius 3 is 2.43 bits per heavy atom. The third-order valence-electron chi connectivity index (χ3n) is 5.21. The van der Waals surface area contributed by atoms with Gasteiger partial charge in [-0.05, 0) is 44.6 Å². The minimum Gasteiger partial charge on any atom is -0.481 e. The van der Waals surface area contributed by atoms with E-state index in [0.29, 0.717) is 13.1 Å². The van der Waals surface area contributed by atoms with Crippen LogP contribution in [0.2, 0.25) is 0 Å². The first-order chi connectivity index (χ1) is 9.96. The number of hydrogen-bond donors (Lipinski definition) is 3. The minimum absolute atomic E-state index is 0.0741. The van der Waals surface area contributed by atoms with E-state index in [2.05, 4.69) is 10.6 Å². The molecule has 0 aromatic carbocycles. The van der Waals surface area contributed by atoms with Gasteiger partial charge in [-0.1, -0.05) is 19.3 Å². The molecule has 1 aliphatic carbocycles. The monoisotopic (exact) mass is 296 g/mol. The normalized spacial score (nSPS) is 28.8. The molecular weight excluding hydrogens is 268 g/mol. The molecule has 0 aromatic rings. The number of carboxylic acids is 1. The Morgan fingerprint density at radius 2 is 1.86 bits per heavy atom. The third-order valence-corrected chi connectivity index (χ3v) is 5.21. The second kappa shape index (κ2) is 6.77. The van der Waals surface area contributed by atoms with E-state index < -0.39 is 5.97 Å². The molecule has 2 aliphatic rings. The van der Waals surface area contributed by atoms with Crippen molar-refractivity contribution < 1.29 is 14.7 Å². The van der Waals surface area contributed by atoms with Gasteiger partial charge in [0.2, 0.25) is 5.91 Å². The number of carbonyl (C=O) groups excluding carboxylic acids is 1. The van der Waals surface area contributed by atoms with Crippen LogP contribution >= 0.6 is 0 Å². The van der Waals surface area contributed by atoms with Gasteiger partial charge in [-0.25, -0.2) is 0 Å². The van der Waals surface area contributed by atoms with Gasteiger partial charge in [0, 0.05) is 13.1 Å². The largest absolute Gasteiger partial charge is 0.481 e. The smallest absolute Gasteiger partial charge is 0.303 e. The summed E-state index contributed by atoms with van der Waals surface area (Å²) in [6.45, 7) is 4.20. The molecule has 5 heteroatoms. The van der Waals surface area contributed by atoms with Crippen LogP contribution in [0.1, 0.15) is 58.3 Å². The van der Waals surface area contributed by atoms with Crippen LogP contribution in [0.5, 0.6) is 0 Å². The zero-order valence-corrected chi connectivity index (χ0v) is 13.0. The van der Waals surface area contributed by atoms with Gasteiger partial charge < -0.3 is 15.7 Å². The fourth-order valence-corrected chi connectivity index (χ4v) is 3.77. The molecule has 1 aliphatic heterocycles. The van der Waals surface area contributed by atoms with Crippen molar-refractivity contribution in [1.29, 1.82) is 0 Å². The van der Waals surface area contributed by atoms with Crippen molar-refractivity contribution in [2.75, 3.05) is 19.6 Å². The lowest BCUT2D eigenvalue weighted by molar-refractivity contribution is -0.141. The van der Waals surface area contributed by atoms with Crippen LogP contribution in [0.4, 0.5) is 0 Å². The molecule has 21 heavy (non-hydrogen) atoms. The Hall–Kier alpha value is -1.10. The Kier molecular flexibility index (Phi) is 5.25. The molecule has 1 heterocycles. The molecule has 1 unspecified atom stereocenters. The average molecular weight is 296 g/mol. The van der Waals surface area contributed by atoms with Gasteiger partial charge in [0.25, 0.3) is 0 Å². The van der Waals surface area contributed by atoms with E-state index in [-0.39, 0.29) is 23.2 Å². The highest BCUT2D eigenvalue weighted by Gasteiger charge is 2.38. The maximum absolute atomic E-state index is 12.5. The number of hydrogen-bond acceptors (Lipinski definition) is 3. The van der Waals surface area contributed by atoms with Crippen molar-refractivity contribution in [2.24, 2.45) is 10.8 Å². The van der Waals surface area contributed by atoms with E-state index in [1.54, 1.807) is 0 Å². The fraction of sp³-hybridized carbons (Fsp3) is 0.875. The second-order valence-corrected chi connectivity index (χ2v) is 7.15. The minimum atomic E-state index is -0.753. The number of piperidine rings is 1. The summed E-state index contributed by atoms with van der Waals surface area (Å²) in [6.07, 6.45) is 7.23. The topological polar surface area (TPSA) is 78.4 Å². The number of rotatable bonds is 5. The first-order valence-corrected chi connectivity index (χ1v) is 8.17. The summed E-state index contributed by atoms with van der Waals surface area (Å²) < 4.78 is 0. The quantitative estimate of drug-likeness (QED) is 0.724. The van der Waals surface area contributed by atoms with E-state index in [1.807, 2.05) is 6.92 Å². The summed E-state index contributed by atoms with van der Waals surface area (Å²) in [4.78, 5) is 23.7. The molecule has 2 fully saturated rings. The first kappa shape index (κ1) is 16.3. The van der Waals surface area contributed by atoms with Crippen LogP contribution in [0, 0.1) is 10.8 Å². The molecule has 2 rings (SSSR count). The lowest BCUT2D eigenvalue weighted by Gasteiger charge is -2.38. The molecule has 0 bridgehead atoms. The third kappa shape index (κ3) is 4.19. The van der Waals surface area contributed by atoms with Gasteiger partial charge in [0.05, 0.1) is 11.8 Å². The first-order valence-electron chi connectivity index (χ1n) is 8.17. The molecule has 5 nitrogen and oxygen atoms in total. The Labute approximate surface area is 126 Å². The van der Waals surface area contributed by atoms with Gasteiger partial charge in [-0.3, -0.25) is 9.59 Å². The predicted octanol–water partition coefficient (Wildman–Crippen LogP) is 1.92. The molecule has 1 saturated carbocycles. The van der Waals surface area contributed by atoms with Gasteiger partial charge in [0.15, 0.2) is 0 Å². The zero-order chi connectivity index (χ0) is 15.3. The molecule has 0 radical (unpaired) electrons. The lowest BCUT2D eigenvalue weighted by Crippen LogP contribution is -2.51. The fourth-order valence-electron chi connectivity index (χ4n) is 3.77. The predicted molar refractivity (Wildman–Crippen MR) is 81.0 cm³/mol. The van der Waals surface area contributed by atoms with Crippen LogP contribution in [0.15, 0.2) is 0 Å². The molecular formula is C16H28N2O3. The Morgan fingerprint density at radius 1 is 1.14 bits per heavy atom. The molecule has 1 amide bonds. The summed E-state index contributed by atoms with van der Waals surface area (Å²) in [5.74, 6) is -0.679. The summed E-state index contributed by atoms with van der Waals surface area (Å²) in [6, 6.07) is 0. The van der Waals surface area contributed by atoms with Crippen LogP contribution in [-0.2, 0) is 9.59 Å². The van der Waals surface area contributed by atoms with Crippen molar-refractivity contribution in [1.82, 2.24) is 10.6 Å². The number of carboxylic acid groups (broad SMARTS) is 1. The highest BCUT2D eigenvalue weighted by atomic mass is 16.4. The van der Waals surface area contributed by atoms with Crippen molar-refractivity contribution in [3.8, 4) is 0 Å². The van der Waals surface area contributed by atoms with Crippen LogP contribution in [0.3, 0.4) is 0 Å². The van der Waals surface area contributed by atoms with Crippen LogP contribution in [-0.4, -0.2) is 36.6 Å². The highest BCUT2D eigenvalue weighted by molar-refractivity contribution is 5.82. The van der Waals surface area contributed by atoms with E-state index in [4.69, 9.17) is 0 Å². The van der Waals surface area contributed by atoms with Crippen molar-refractivity contribution >= 4 is 11.9 Å². The number of nitrogens with one attached hydrogen (secondary N) is 2. The summed E-state index contributed by atoms with van der Waals surface area (Å²) in [7, 11) is 0. The van der Waals surface area contributed by atoms with E-state index in [9.17, 15) is 14.7 Å². The number of aliphatic carboxylic acids is 1. The standard InChI is InChI=1S/C16H28N2O3/c1-15(6-5-9-17-11-15)14(21)18-12-16(10-13(19)20)7-3-2-4-8-16/h17H,2-12H2,1H3,(H,18,21)(H,19,20). The highest BCUT2D eigenvalue weighted by Crippen LogP contribution is 2.39. The van der Waals surface area contributed by atoms with E-state index in [1.165, 1.54) is 6.42 Å². The van der Waals surface area contributed by atoms with Crippen molar-refractivity contribution in [3.05, 3.63) is 0 Å².